The standard InChI is InChI=1S/C11H13F5N2/c1-3-11(2,4-17)18-10-8(15)6(13)5(12)7(14)9(10)16/h18H,3-4,17H2,1-2H3. The van der Waals surface area contributed by atoms with Crippen LogP contribution in [0.25, 0.3) is 0 Å². The van der Waals surface area contributed by atoms with Crippen LogP contribution in [0.1, 0.15) is 20.3 Å². The lowest BCUT2D eigenvalue weighted by Gasteiger charge is -2.29. The van der Waals surface area contributed by atoms with Gasteiger partial charge >= 0.3 is 0 Å². The zero-order chi connectivity index (χ0) is 14.1. The fourth-order valence-corrected chi connectivity index (χ4v) is 1.30. The van der Waals surface area contributed by atoms with Crippen molar-refractivity contribution in [2.24, 2.45) is 5.73 Å². The fourth-order valence-electron chi connectivity index (χ4n) is 1.30. The Hall–Kier alpha value is -1.37. The molecule has 0 heterocycles. The lowest BCUT2D eigenvalue weighted by Crippen LogP contribution is -2.42. The second kappa shape index (κ2) is 5.09. The van der Waals surface area contributed by atoms with E-state index in [2.05, 4.69) is 5.32 Å². The molecule has 18 heavy (non-hydrogen) atoms. The molecule has 0 spiro atoms. The Morgan fingerprint density at radius 2 is 1.33 bits per heavy atom. The Balaban J connectivity index is 3.34. The van der Waals surface area contributed by atoms with Gasteiger partial charge in [-0.3, -0.25) is 0 Å². The number of rotatable bonds is 4. The predicted octanol–water partition coefficient (Wildman–Crippen LogP) is 2.92. The molecule has 0 bridgehead atoms. The molecule has 7 heteroatoms. The van der Waals surface area contributed by atoms with Gasteiger partial charge in [0, 0.05) is 12.1 Å². The van der Waals surface area contributed by atoms with E-state index in [0.717, 1.165) is 0 Å². The summed E-state index contributed by atoms with van der Waals surface area (Å²) < 4.78 is 65.5. The van der Waals surface area contributed by atoms with Crippen molar-refractivity contribution in [2.75, 3.05) is 11.9 Å². The maximum Gasteiger partial charge on any atom is 0.200 e. The van der Waals surface area contributed by atoms with Crippen LogP contribution in [0.2, 0.25) is 0 Å². The second-order valence-corrected chi connectivity index (χ2v) is 4.19. The van der Waals surface area contributed by atoms with Gasteiger partial charge in [-0.15, -0.1) is 0 Å². The molecule has 2 nitrogen and oxygen atoms in total. The monoisotopic (exact) mass is 268 g/mol. The summed E-state index contributed by atoms with van der Waals surface area (Å²) in [5.41, 5.74) is 3.39. The quantitative estimate of drug-likeness (QED) is 0.500. The number of halogens is 5. The molecule has 3 N–H and O–H groups in total. The number of hydrogen-bond acceptors (Lipinski definition) is 2. The summed E-state index contributed by atoms with van der Waals surface area (Å²) >= 11 is 0. The molecule has 1 aromatic carbocycles. The van der Waals surface area contributed by atoms with Crippen molar-refractivity contribution in [3.05, 3.63) is 29.1 Å². The molecule has 0 fully saturated rings. The summed E-state index contributed by atoms with van der Waals surface area (Å²) in [6, 6.07) is 0. The van der Waals surface area contributed by atoms with Crippen LogP contribution in [0.15, 0.2) is 0 Å². The van der Waals surface area contributed by atoms with Crippen molar-refractivity contribution in [2.45, 2.75) is 25.8 Å². The molecule has 0 aromatic heterocycles. The topological polar surface area (TPSA) is 38.0 Å². The first kappa shape index (κ1) is 14.7. The van der Waals surface area contributed by atoms with Crippen molar-refractivity contribution in [1.29, 1.82) is 0 Å². The zero-order valence-electron chi connectivity index (χ0n) is 9.88. The zero-order valence-corrected chi connectivity index (χ0v) is 9.88. The van der Waals surface area contributed by atoms with Crippen LogP contribution >= 0.6 is 0 Å². The Morgan fingerprint density at radius 3 is 1.67 bits per heavy atom. The highest BCUT2D eigenvalue weighted by molar-refractivity contribution is 5.49. The third-order valence-corrected chi connectivity index (χ3v) is 2.87. The van der Waals surface area contributed by atoms with Crippen LogP contribution in [-0.2, 0) is 0 Å². The Labute approximate surface area is 101 Å². The molecule has 1 unspecified atom stereocenters. The smallest absolute Gasteiger partial charge is 0.200 e. The molecule has 102 valence electrons. The van der Waals surface area contributed by atoms with E-state index in [4.69, 9.17) is 5.73 Å². The Bertz CT molecular complexity index is 428. The summed E-state index contributed by atoms with van der Waals surface area (Å²) in [5, 5.41) is 2.28. The number of nitrogens with two attached hydrogens (primary N) is 1. The molecule has 1 atom stereocenters. The van der Waals surface area contributed by atoms with Gasteiger partial charge in [-0.2, -0.15) is 0 Å². The normalized spacial score (nSPS) is 14.4. The van der Waals surface area contributed by atoms with Crippen molar-refractivity contribution in [1.82, 2.24) is 0 Å². The van der Waals surface area contributed by atoms with Crippen LogP contribution in [0.5, 0.6) is 0 Å². The first-order valence-corrected chi connectivity index (χ1v) is 5.27. The summed E-state index contributed by atoms with van der Waals surface area (Å²) in [6.07, 6.45) is 0.350. The molecule has 0 aliphatic carbocycles. The number of anilines is 1. The molecule has 0 aliphatic heterocycles. The van der Waals surface area contributed by atoms with Gasteiger partial charge in [-0.1, -0.05) is 6.92 Å². The second-order valence-electron chi connectivity index (χ2n) is 4.19. The molecule has 1 aromatic rings. The van der Waals surface area contributed by atoms with E-state index in [1.165, 1.54) is 6.92 Å². The van der Waals surface area contributed by atoms with Crippen molar-refractivity contribution in [3.63, 3.8) is 0 Å². The highest BCUT2D eigenvalue weighted by Crippen LogP contribution is 2.29. The Morgan fingerprint density at radius 1 is 0.944 bits per heavy atom. The first-order valence-electron chi connectivity index (χ1n) is 5.27. The highest BCUT2D eigenvalue weighted by atomic mass is 19.2. The van der Waals surface area contributed by atoms with Crippen LogP contribution in [-0.4, -0.2) is 12.1 Å². The van der Waals surface area contributed by atoms with E-state index < -0.39 is 40.3 Å². The largest absolute Gasteiger partial charge is 0.374 e. The maximum absolute atomic E-state index is 13.4. The van der Waals surface area contributed by atoms with E-state index in [0.29, 0.717) is 6.42 Å². The molecule has 0 saturated heterocycles. The van der Waals surface area contributed by atoms with E-state index in [-0.39, 0.29) is 6.54 Å². The predicted molar refractivity (Wildman–Crippen MR) is 57.6 cm³/mol. The molecule has 0 amide bonds. The van der Waals surface area contributed by atoms with Gasteiger partial charge in [-0.05, 0) is 13.3 Å². The van der Waals surface area contributed by atoms with Gasteiger partial charge in [0.2, 0.25) is 5.82 Å². The van der Waals surface area contributed by atoms with E-state index in [1.54, 1.807) is 6.92 Å². The molecule has 0 aliphatic rings. The third-order valence-electron chi connectivity index (χ3n) is 2.87. The van der Waals surface area contributed by atoms with E-state index >= 15 is 0 Å². The van der Waals surface area contributed by atoms with Crippen LogP contribution in [0, 0.1) is 29.1 Å². The van der Waals surface area contributed by atoms with Crippen LogP contribution in [0.4, 0.5) is 27.6 Å². The number of nitrogens with one attached hydrogen (secondary N) is 1. The minimum atomic E-state index is -2.18. The van der Waals surface area contributed by atoms with Crippen molar-refractivity contribution >= 4 is 5.69 Å². The minimum absolute atomic E-state index is 0.0248. The van der Waals surface area contributed by atoms with Gasteiger partial charge in [-0.25, -0.2) is 22.0 Å². The van der Waals surface area contributed by atoms with Crippen LogP contribution < -0.4 is 11.1 Å². The lowest BCUT2D eigenvalue weighted by molar-refractivity contribution is 0.377. The van der Waals surface area contributed by atoms with Crippen LogP contribution in [0.3, 0.4) is 0 Å². The molecular formula is C11H13F5N2. The summed E-state index contributed by atoms with van der Waals surface area (Å²) in [4.78, 5) is 0. The average molecular weight is 268 g/mol. The number of hydrogen-bond donors (Lipinski definition) is 2. The third kappa shape index (κ3) is 2.40. The lowest BCUT2D eigenvalue weighted by atomic mass is 9.98. The van der Waals surface area contributed by atoms with Crippen molar-refractivity contribution < 1.29 is 22.0 Å². The fraction of sp³-hybridized carbons (Fsp3) is 0.455. The molecule has 0 radical (unpaired) electrons. The van der Waals surface area contributed by atoms with E-state index in [1.807, 2.05) is 0 Å². The number of benzene rings is 1. The molecule has 0 saturated carbocycles. The average Bonchev–Trinajstić information content (AvgIpc) is 2.39. The van der Waals surface area contributed by atoms with Gasteiger partial charge in [0.05, 0.1) is 0 Å². The maximum atomic E-state index is 13.4. The van der Waals surface area contributed by atoms with Crippen molar-refractivity contribution in [3.8, 4) is 0 Å². The molecule has 1 rings (SSSR count). The summed E-state index contributed by atoms with van der Waals surface area (Å²) in [6.45, 7) is 3.17. The SMILES string of the molecule is CCC(C)(CN)Nc1c(F)c(F)c(F)c(F)c1F. The van der Waals surface area contributed by atoms with E-state index in [9.17, 15) is 22.0 Å². The van der Waals surface area contributed by atoms with Gasteiger partial charge in [0.25, 0.3) is 0 Å². The molecular weight excluding hydrogens is 255 g/mol. The Kier molecular flexibility index (Phi) is 4.16. The highest BCUT2D eigenvalue weighted by Gasteiger charge is 2.30. The first-order chi connectivity index (χ1) is 8.27. The van der Waals surface area contributed by atoms with Gasteiger partial charge < -0.3 is 11.1 Å². The van der Waals surface area contributed by atoms with Gasteiger partial charge in [0.1, 0.15) is 5.69 Å². The van der Waals surface area contributed by atoms with Gasteiger partial charge in [0.15, 0.2) is 23.3 Å². The minimum Gasteiger partial charge on any atom is -0.374 e. The summed E-state index contributed by atoms with van der Waals surface area (Å²) in [7, 11) is 0. The summed E-state index contributed by atoms with van der Waals surface area (Å²) in [5.74, 6) is -9.92.